The van der Waals surface area contributed by atoms with E-state index in [1.54, 1.807) is 7.11 Å². The largest absolute Gasteiger partial charge is 0.497 e. The Bertz CT molecular complexity index is 456. The number of methoxy groups -OCH3 is 1. The van der Waals surface area contributed by atoms with Crippen LogP contribution in [0.3, 0.4) is 0 Å². The minimum absolute atomic E-state index is 0.340. The smallest absolute Gasteiger partial charge is 0.193 e. The third-order valence-electron chi connectivity index (χ3n) is 3.47. The van der Waals surface area contributed by atoms with E-state index < -0.39 is 0 Å². The molecular weight excluding hydrogens is 282 g/mol. The van der Waals surface area contributed by atoms with Gasteiger partial charge in [0.05, 0.1) is 13.2 Å². The van der Waals surface area contributed by atoms with Crippen molar-refractivity contribution >= 4 is 11.6 Å². The summed E-state index contributed by atoms with van der Waals surface area (Å²) in [7, 11) is 1.64. The summed E-state index contributed by atoms with van der Waals surface area (Å²) < 4.78 is 16.2. The maximum absolute atomic E-state index is 5.85. The van der Waals surface area contributed by atoms with Gasteiger partial charge in [-0.3, -0.25) is 4.99 Å². The van der Waals surface area contributed by atoms with Crippen LogP contribution in [0.2, 0.25) is 0 Å². The lowest BCUT2D eigenvalue weighted by atomic mass is 10.1. The molecule has 6 heteroatoms. The molecule has 1 aliphatic rings. The zero-order chi connectivity index (χ0) is 15.6. The number of nitrogens with zero attached hydrogens (tertiary/aromatic N) is 1. The van der Waals surface area contributed by atoms with Crippen molar-refractivity contribution in [3.05, 3.63) is 24.3 Å². The normalized spacial score (nSPS) is 16.5. The van der Waals surface area contributed by atoms with Crippen LogP contribution in [0.15, 0.2) is 29.3 Å². The Balaban J connectivity index is 1.62. The summed E-state index contributed by atoms with van der Waals surface area (Å²) in [4.78, 5) is 4.29. The van der Waals surface area contributed by atoms with Crippen molar-refractivity contribution < 1.29 is 14.2 Å². The maximum Gasteiger partial charge on any atom is 0.193 e. The highest BCUT2D eigenvalue weighted by Gasteiger charge is 2.13. The molecule has 0 bridgehead atoms. The van der Waals surface area contributed by atoms with Crippen molar-refractivity contribution in [2.75, 3.05) is 38.8 Å². The lowest BCUT2D eigenvalue weighted by Crippen LogP contribution is -2.24. The fourth-order valence-corrected chi connectivity index (χ4v) is 2.22. The molecule has 0 aromatic heterocycles. The average Bonchev–Trinajstić information content (AvgIpc) is 2.56. The lowest BCUT2D eigenvalue weighted by Gasteiger charge is -2.22. The summed E-state index contributed by atoms with van der Waals surface area (Å²) in [6.45, 7) is 2.98. The Hall–Kier alpha value is -1.79. The van der Waals surface area contributed by atoms with Gasteiger partial charge in [0, 0.05) is 32.1 Å². The molecule has 3 N–H and O–H groups in total. The predicted octanol–water partition coefficient (Wildman–Crippen LogP) is 2.01. The van der Waals surface area contributed by atoms with Crippen molar-refractivity contribution in [2.45, 2.75) is 25.4 Å². The lowest BCUT2D eigenvalue weighted by molar-refractivity contribution is -0.0318. The SMILES string of the molecule is COc1ccc(NC(N)=NCCCOC2CCOCC2)cc1. The van der Waals surface area contributed by atoms with Crippen LogP contribution in [0.4, 0.5) is 5.69 Å². The van der Waals surface area contributed by atoms with Crippen LogP contribution in [0.5, 0.6) is 5.75 Å². The van der Waals surface area contributed by atoms with E-state index in [1.807, 2.05) is 24.3 Å². The Labute approximate surface area is 131 Å². The quantitative estimate of drug-likeness (QED) is 0.458. The Kier molecular flexibility index (Phi) is 6.99. The molecule has 0 saturated carbocycles. The molecule has 0 unspecified atom stereocenters. The molecule has 1 heterocycles. The second-order valence-corrected chi connectivity index (χ2v) is 5.16. The van der Waals surface area contributed by atoms with Gasteiger partial charge in [0.15, 0.2) is 5.96 Å². The van der Waals surface area contributed by atoms with Gasteiger partial charge in [-0.25, -0.2) is 0 Å². The molecule has 122 valence electrons. The molecule has 2 rings (SSSR count). The highest BCUT2D eigenvalue weighted by atomic mass is 16.5. The van der Waals surface area contributed by atoms with Crippen LogP contribution < -0.4 is 15.8 Å². The third-order valence-corrected chi connectivity index (χ3v) is 3.47. The zero-order valence-corrected chi connectivity index (χ0v) is 13.1. The number of nitrogens with two attached hydrogens (primary N) is 1. The van der Waals surface area contributed by atoms with Crippen molar-refractivity contribution in [1.82, 2.24) is 0 Å². The summed E-state index contributed by atoms with van der Waals surface area (Å²) >= 11 is 0. The molecule has 1 fully saturated rings. The van der Waals surface area contributed by atoms with E-state index in [2.05, 4.69) is 10.3 Å². The minimum atomic E-state index is 0.340. The molecule has 22 heavy (non-hydrogen) atoms. The van der Waals surface area contributed by atoms with E-state index in [0.29, 0.717) is 25.2 Å². The first-order valence-electron chi connectivity index (χ1n) is 7.68. The number of anilines is 1. The van der Waals surface area contributed by atoms with Gasteiger partial charge >= 0.3 is 0 Å². The Morgan fingerprint density at radius 3 is 2.73 bits per heavy atom. The van der Waals surface area contributed by atoms with Crippen LogP contribution in [-0.4, -0.2) is 45.5 Å². The molecule has 1 aliphatic heterocycles. The molecule has 1 saturated heterocycles. The van der Waals surface area contributed by atoms with Gasteiger partial charge in [-0.1, -0.05) is 0 Å². The van der Waals surface area contributed by atoms with Crippen molar-refractivity contribution in [2.24, 2.45) is 10.7 Å². The van der Waals surface area contributed by atoms with E-state index in [9.17, 15) is 0 Å². The van der Waals surface area contributed by atoms with Crippen LogP contribution in [0.1, 0.15) is 19.3 Å². The molecule has 0 amide bonds. The van der Waals surface area contributed by atoms with Crippen LogP contribution in [-0.2, 0) is 9.47 Å². The van der Waals surface area contributed by atoms with Crippen molar-refractivity contribution in [1.29, 1.82) is 0 Å². The number of benzene rings is 1. The molecule has 0 radical (unpaired) electrons. The number of ether oxygens (including phenoxy) is 3. The molecule has 1 aromatic rings. The van der Waals surface area contributed by atoms with E-state index in [4.69, 9.17) is 19.9 Å². The molecule has 1 aromatic carbocycles. The van der Waals surface area contributed by atoms with Crippen LogP contribution in [0.25, 0.3) is 0 Å². The number of aliphatic imine (C=N–C) groups is 1. The minimum Gasteiger partial charge on any atom is -0.497 e. The highest BCUT2D eigenvalue weighted by molar-refractivity contribution is 5.92. The predicted molar refractivity (Wildman–Crippen MR) is 87.5 cm³/mol. The first kappa shape index (κ1) is 16.6. The van der Waals surface area contributed by atoms with Gasteiger partial charge in [-0.15, -0.1) is 0 Å². The van der Waals surface area contributed by atoms with Gasteiger partial charge in [-0.2, -0.15) is 0 Å². The number of hydrogen-bond acceptors (Lipinski definition) is 4. The van der Waals surface area contributed by atoms with E-state index in [1.165, 1.54) is 0 Å². The zero-order valence-electron chi connectivity index (χ0n) is 13.1. The first-order valence-corrected chi connectivity index (χ1v) is 7.68. The number of nitrogens with one attached hydrogen (secondary N) is 1. The fourth-order valence-electron chi connectivity index (χ4n) is 2.22. The monoisotopic (exact) mass is 307 g/mol. The second-order valence-electron chi connectivity index (χ2n) is 5.16. The van der Waals surface area contributed by atoms with E-state index >= 15 is 0 Å². The van der Waals surface area contributed by atoms with E-state index in [-0.39, 0.29) is 0 Å². The van der Waals surface area contributed by atoms with Gasteiger partial charge in [0.2, 0.25) is 0 Å². The number of rotatable bonds is 7. The Morgan fingerprint density at radius 1 is 1.32 bits per heavy atom. The topological polar surface area (TPSA) is 78.1 Å². The van der Waals surface area contributed by atoms with Crippen LogP contribution in [0, 0.1) is 0 Å². The summed E-state index contributed by atoms with van der Waals surface area (Å²) in [6.07, 6.45) is 3.18. The summed E-state index contributed by atoms with van der Waals surface area (Å²) in [5.41, 5.74) is 6.74. The van der Waals surface area contributed by atoms with Crippen LogP contribution >= 0.6 is 0 Å². The summed E-state index contributed by atoms with van der Waals surface area (Å²) in [5.74, 6) is 1.22. The average molecular weight is 307 g/mol. The maximum atomic E-state index is 5.85. The van der Waals surface area contributed by atoms with Crippen molar-refractivity contribution in [3.63, 3.8) is 0 Å². The molecular formula is C16H25N3O3. The number of guanidine groups is 1. The van der Waals surface area contributed by atoms with Gasteiger partial charge < -0.3 is 25.3 Å². The molecule has 0 spiro atoms. The van der Waals surface area contributed by atoms with Gasteiger partial charge in [0.25, 0.3) is 0 Å². The summed E-state index contributed by atoms with van der Waals surface area (Å²) in [5, 5.41) is 3.05. The fraction of sp³-hybridized carbons (Fsp3) is 0.562. The second kappa shape index (κ2) is 9.27. The summed E-state index contributed by atoms with van der Waals surface area (Å²) in [6, 6.07) is 7.54. The third kappa shape index (κ3) is 5.91. The standard InChI is InChI=1S/C16H25N3O3/c1-20-14-5-3-13(4-6-14)19-16(17)18-9-2-10-22-15-7-11-21-12-8-15/h3-6,15H,2,7-12H2,1H3,(H3,17,18,19). The van der Waals surface area contributed by atoms with Crippen molar-refractivity contribution in [3.8, 4) is 5.75 Å². The molecule has 0 atom stereocenters. The number of hydrogen-bond donors (Lipinski definition) is 2. The molecule has 6 nitrogen and oxygen atoms in total. The Morgan fingerprint density at radius 2 is 2.05 bits per heavy atom. The molecule has 0 aliphatic carbocycles. The van der Waals surface area contributed by atoms with E-state index in [0.717, 1.165) is 43.9 Å². The van der Waals surface area contributed by atoms with Gasteiger partial charge in [0.1, 0.15) is 5.75 Å². The highest BCUT2D eigenvalue weighted by Crippen LogP contribution is 2.14. The first-order chi connectivity index (χ1) is 10.8. The van der Waals surface area contributed by atoms with Gasteiger partial charge in [-0.05, 0) is 43.5 Å².